The molecule has 1 atom stereocenters. The predicted molar refractivity (Wildman–Crippen MR) is 125 cm³/mol. The summed E-state index contributed by atoms with van der Waals surface area (Å²) in [5, 5.41) is 3.16. The van der Waals surface area contributed by atoms with Crippen molar-refractivity contribution in [2.75, 3.05) is 13.7 Å². The number of hydrogen-bond donors (Lipinski definition) is 1. The largest absolute Gasteiger partial charge is 0.497 e. The molecule has 6 nitrogen and oxygen atoms in total. The van der Waals surface area contributed by atoms with Gasteiger partial charge in [-0.15, -0.1) is 0 Å². The van der Waals surface area contributed by atoms with Crippen LogP contribution in [0.5, 0.6) is 11.5 Å². The van der Waals surface area contributed by atoms with E-state index in [-0.39, 0.29) is 24.5 Å². The van der Waals surface area contributed by atoms with E-state index in [1.165, 1.54) is 0 Å². The second-order valence-electron chi connectivity index (χ2n) is 8.39. The highest BCUT2D eigenvalue weighted by Gasteiger charge is 2.30. The molecule has 2 aromatic rings. The van der Waals surface area contributed by atoms with Crippen LogP contribution in [0.1, 0.15) is 50.2 Å². The van der Waals surface area contributed by atoms with Gasteiger partial charge in [-0.2, -0.15) is 0 Å². The molecule has 32 heavy (non-hydrogen) atoms. The van der Waals surface area contributed by atoms with Crippen molar-refractivity contribution in [1.29, 1.82) is 0 Å². The quantitative estimate of drug-likeness (QED) is 0.602. The SMILES string of the molecule is CC[C@H](C(=O)NC1CCCC1)N(Cc1ccc(OC)cc1)C(=O)COc1ccc(C)cc1. The van der Waals surface area contributed by atoms with Crippen molar-refractivity contribution in [2.45, 2.75) is 64.6 Å². The summed E-state index contributed by atoms with van der Waals surface area (Å²) >= 11 is 0. The van der Waals surface area contributed by atoms with Gasteiger partial charge in [-0.1, -0.05) is 49.6 Å². The highest BCUT2D eigenvalue weighted by Crippen LogP contribution is 2.20. The van der Waals surface area contributed by atoms with E-state index in [9.17, 15) is 9.59 Å². The van der Waals surface area contributed by atoms with Crippen molar-refractivity contribution in [3.05, 3.63) is 59.7 Å². The van der Waals surface area contributed by atoms with Crippen LogP contribution in [-0.2, 0) is 16.1 Å². The molecule has 172 valence electrons. The number of methoxy groups -OCH3 is 1. The van der Waals surface area contributed by atoms with Crippen LogP contribution < -0.4 is 14.8 Å². The molecule has 0 unspecified atom stereocenters. The number of aryl methyl sites for hydroxylation is 1. The number of nitrogens with one attached hydrogen (secondary N) is 1. The summed E-state index contributed by atoms with van der Waals surface area (Å²) in [4.78, 5) is 28.0. The minimum Gasteiger partial charge on any atom is -0.497 e. The van der Waals surface area contributed by atoms with Crippen molar-refractivity contribution in [3.63, 3.8) is 0 Å². The fraction of sp³-hybridized carbons (Fsp3) is 0.462. The summed E-state index contributed by atoms with van der Waals surface area (Å²) < 4.78 is 11.0. The first-order valence-electron chi connectivity index (χ1n) is 11.4. The zero-order chi connectivity index (χ0) is 22.9. The molecule has 0 heterocycles. The molecule has 1 aliphatic carbocycles. The second-order valence-corrected chi connectivity index (χ2v) is 8.39. The van der Waals surface area contributed by atoms with Crippen LogP contribution in [0.4, 0.5) is 0 Å². The van der Waals surface area contributed by atoms with Gasteiger partial charge < -0.3 is 19.7 Å². The average Bonchev–Trinajstić information content (AvgIpc) is 3.31. The molecule has 3 rings (SSSR count). The van der Waals surface area contributed by atoms with Gasteiger partial charge in [0.25, 0.3) is 5.91 Å². The standard InChI is InChI=1S/C26H34N2O4/c1-4-24(26(30)27-21-7-5-6-8-21)28(17-20-11-15-22(31-3)16-12-20)25(29)18-32-23-13-9-19(2)10-14-23/h9-16,21,24H,4-8,17-18H2,1-3H3,(H,27,30)/t24-/m1/s1. The Balaban J connectivity index is 1.74. The predicted octanol–water partition coefficient (Wildman–Crippen LogP) is 4.25. The van der Waals surface area contributed by atoms with Gasteiger partial charge in [0.1, 0.15) is 17.5 Å². The van der Waals surface area contributed by atoms with E-state index >= 15 is 0 Å². The third kappa shape index (κ3) is 6.49. The van der Waals surface area contributed by atoms with Gasteiger partial charge >= 0.3 is 0 Å². The van der Waals surface area contributed by atoms with Gasteiger partial charge in [-0.3, -0.25) is 9.59 Å². The third-order valence-corrected chi connectivity index (χ3v) is 5.98. The van der Waals surface area contributed by atoms with Crippen molar-refractivity contribution in [2.24, 2.45) is 0 Å². The normalized spacial score (nSPS) is 14.6. The van der Waals surface area contributed by atoms with Gasteiger partial charge in [0.2, 0.25) is 5.91 Å². The summed E-state index contributed by atoms with van der Waals surface area (Å²) in [6, 6.07) is 14.8. The van der Waals surface area contributed by atoms with E-state index in [1.54, 1.807) is 12.0 Å². The highest BCUT2D eigenvalue weighted by atomic mass is 16.5. The van der Waals surface area contributed by atoms with E-state index in [0.717, 1.165) is 42.6 Å². The zero-order valence-electron chi connectivity index (χ0n) is 19.3. The van der Waals surface area contributed by atoms with Gasteiger partial charge in [0.15, 0.2) is 6.61 Å². The molecule has 2 aromatic carbocycles. The molecular formula is C26H34N2O4. The second kappa shape index (κ2) is 11.6. The van der Waals surface area contributed by atoms with Crippen LogP contribution in [0.25, 0.3) is 0 Å². The van der Waals surface area contributed by atoms with Crippen LogP contribution in [0, 0.1) is 6.92 Å². The van der Waals surface area contributed by atoms with Gasteiger partial charge in [-0.25, -0.2) is 0 Å². The van der Waals surface area contributed by atoms with Crippen molar-refractivity contribution >= 4 is 11.8 Å². The number of ether oxygens (including phenoxy) is 2. The van der Waals surface area contributed by atoms with Gasteiger partial charge in [0.05, 0.1) is 7.11 Å². The van der Waals surface area contributed by atoms with E-state index in [2.05, 4.69) is 5.32 Å². The fourth-order valence-electron chi connectivity index (χ4n) is 4.08. The summed E-state index contributed by atoms with van der Waals surface area (Å²) in [6.07, 6.45) is 4.82. The highest BCUT2D eigenvalue weighted by molar-refractivity contribution is 5.88. The smallest absolute Gasteiger partial charge is 0.261 e. The summed E-state index contributed by atoms with van der Waals surface area (Å²) in [7, 11) is 1.62. The first-order valence-corrected chi connectivity index (χ1v) is 11.4. The Morgan fingerprint density at radius 3 is 2.25 bits per heavy atom. The molecule has 1 aliphatic rings. The Morgan fingerprint density at radius 2 is 1.66 bits per heavy atom. The molecule has 1 saturated carbocycles. The Labute approximate surface area is 190 Å². The minimum absolute atomic E-state index is 0.0865. The summed E-state index contributed by atoms with van der Waals surface area (Å²) in [5.41, 5.74) is 2.06. The maximum atomic E-state index is 13.2. The van der Waals surface area contributed by atoms with Crippen molar-refractivity contribution in [1.82, 2.24) is 10.2 Å². The van der Waals surface area contributed by atoms with Crippen LogP contribution in [-0.4, -0.2) is 42.5 Å². The molecule has 0 spiro atoms. The summed E-state index contributed by atoms with van der Waals surface area (Å²) in [5.74, 6) is 1.09. The van der Waals surface area contributed by atoms with Gasteiger partial charge in [0, 0.05) is 12.6 Å². The maximum Gasteiger partial charge on any atom is 0.261 e. The molecule has 0 aromatic heterocycles. The fourth-order valence-corrected chi connectivity index (χ4v) is 4.08. The lowest BCUT2D eigenvalue weighted by Crippen LogP contribution is -2.52. The van der Waals surface area contributed by atoms with E-state index < -0.39 is 6.04 Å². The number of hydrogen-bond acceptors (Lipinski definition) is 4. The molecule has 1 fully saturated rings. The number of carbonyl (C=O) groups is 2. The van der Waals surface area contributed by atoms with Crippen LogP contribution in [0.2, 0.25) is 0 Å². The lowest BCUT2D eigenvalue weighted by atomic mass is 10.1. The number of nitrogens with zero attached hydrogens (tertiary/aromatic N) is 1. The number of amides is 2. The van der Waals surface area contributed by atoms with Crippen molar-refractivity contribution in [3.8, 4) is 11.5 Å². The number of benzene rings is 2. The third-order valence-electron chi connectivity index (χ3n) is 5.98. The minimum atomic E-state index is -0.549. The molecular weight excluding hydrogens is 404 g/mol. The van der Waals surface area contributed by atoms with Crippen LogP contribution >= 0.6 is 0 Å². The topological polar surface area (TPSA) is 67.9 Å². The molecule has 1 N–H and O–H groups in total. The molecule has 0 bridgehead atoms. The number of carbonyl (C=O) groups excluding carboxylic acids is 2. The Bertz CT molecular complexity index is 874. The van der Waals surface area contributed by atoms with Crippen LogP contribution in [0.15, 0.2) is 48.5 Å². The average molecular weight is 439 g/mol. The Hall–Kier alpha value is -3.02. The Kier molecular flexibility index (Phi) is 8.54. The monoisotopic (exact) mass is 438 g/mol. The van der Waals surface area contributed by atoms with E-state index in [4.69, 9.17) is 9.47 Å². The maximum absolute atomic E-state index is 13.2. The molecule has 0 saturated heterocycles. The lowest BCUT2D eigenvalue weighted by Gasteiger charge is -2.31. The van der Waals surface area contributed by atoms with E-state index in [0.29, 0.717) is 18.7 Å². The van der Waals surface area contributed by atoms with Crippen LogP contribution in [0.3, 0.4) is 0 Å². The first kappa shape index (κ1) is 23.6. The van der Waals surface area contributed by atoms with Gasteiger partial charge in [-0.05, 0) is 56.0 Å². The summed E-state index contributed by atoms with van der Waals surface area (Å²) in [6.45, 7) is 4.15. The lowest BCUT2D eigenvalue weighted by molar-refractivity contribution is -0.143. The molecule has 2 amide bonds. The molecule has 0 radical (unpaired) electrons. The first-order chi connectivity index (χ1) is 15.5. The molecule has 6 heteroatoms. The molecule has 0 aliphatic heterocycles. The zero-order valence-corrected chi connectivity index (χ0v) is 19.3. The van der Waals surface area contributed by atoms with E-state index in [1.807, 2.05) is 62.4 Å². The Morgan fingerprint density at radius 1 is 1.03 bits per heavy atom. The van der Waals surface area contributed by atoms with Crippen molar-refractivity contribution < 1.29 is 19.1 Å². The number of rotatable bonds is 10.